The number of carbonyl (C=O) groups excluding carboxylic acids is 2. The quantitative estimate of drug-likeness (QED) is 0.548. The van der Waals surface area contributed by atoms with Crippen molar-refractivity contribution in [2.24, 2.45) is 0 Å². The number of Topliss-reactive ketones (excluding diaryl/α,β-unsaturated/α-hetero) is 2. The number of ether oxygens (including phenoxy) is 2. The van der Waals surface area contributed by atoms with Crippen molar-refractivity contribution in [2.75, 3.05) is 20.8 Å². The van der Waals surface area contributed by atoms with Gasteiger partial charge in [0.15, 0.2) is 17.7 Å². The van der Waals surface area contributed by atoms with Crippen LogP contribution in [0.4, 0.5) is 0 Å². The van der Waals surface area contributed by atoms with Crippen molar-refractivity contribution in [3.63, 3.8) is 0 Å². The number of ketones is 2. The van der Waals surface area contributed by atoms with E-state index >= 15 is 0 Å². The van der Waals surface area contributed by atoms with Crippen LogP contribution < -0.4 is 0 Å². The van der Waals surface area contributed by atoms with Gasteiger partial charge in [-0.15, -0.1) is 0 Å². The summed E-state index contributed by atoms with van der Waals surface area (Å²) in [5, 5.41) is 0. The van der Waals surface area contributed by atoms with Gasteiger partial charge in [-0.05, 0) is 6.42 Å². The molecule has 0 N–H and O–H groups in total. The molecule has 0 heterocycles. The van der Waals surface area contributed by atoms with E-state index in [1.165, 1.54) is 14.2 Å². The first-order valence-corrected chi connectivity index (χ1v) is 4.24. The minimum absolute atomic E-state index is 0.0754. The molecule has 0 rings (SSSR count). The van der Waals surface area contributed by atoms with Gasteiger partial charge in [-0.25, -0.2) is 0 Å². The summed E-state index contributed by atoms with van der Waals surface area (Å²) in [5.74, 6) is -0.490. The molecular formula is C9H16O4. The number of carbonyl (C=O) groups is 2. The van der Waals surface area contributed by atoms with Crippen molar-refractivity contribution in [2.45, 2.75) is 25.9 Å². The molecule has 1 atom stereocenters. The molecule has 0 aromatic carbocycles. The zero-order valence-electron chi connectivity index (χ0n) is 8.33. The standard InChI is InChI=1S/C9H16O4/c1-4-5-7(10)9(13-3)8(11)6-12-2/h9H,4-6H2,1-3H3. The van der Waals surface area contributed by atoms with Crippen molar-refractivity contribution < 1.29 is 19.1 Å². The molecule has 4 heteroatoms. The molecule has 0 saturated carbocycles. The summed E-state index contributed by atoms with van der Waals surface area (Å²) in [4.78, 5) is 22.5. The second-order valence-corrected chi connectivity index (χ2v) is 2.73. The highest BCUT2D eigenvalue weighted by Gasteiger charge is 2.24. The van der Waals surface area contributed by atoms with E-state index in [1.807, 2.05) is 6.92 Å². The molecule has 0 spiro atoms. The fraction of sp³-hybridized carbons (Fsp3) is 0.778. The Morgan fingerprint density at radius 3 is 2.23 bits per heavy atom. The molecule has 0 aliphatic carbocycles. The predicted molar refractivity (Wildman–Crippen MR) is 47.6 cm³/mol. The van der Waals surface area contributed by atoms with Gasteiger partial charge in [-0.3, -0.25) is 9.59 Å². The Bertz CT molecular complexity index is 158. The van der Waals surface area contributed by atoms with Gasteiger partial charge in [0.25, 0.3) is 0 Å². The zero-order chi connectivity index (χ0) is 10.3. The maximum atomic E-state index is 11.3. The third-order valence-corrected chi connectivity index (χ3v) is 1.60. The molecule has 1 unspecified atom stereocenters. The summed E-state index contributed by atoms with van der Waals surface area (Å²) in [6.07, 6.45) is 0.146. The predicted octanol–water partition coefficient (Wildman–Crippen LogP) is 0.586. The first-order valence-electron chi connectivity index (χ1n) is 4.24. The maximum Gasteiger partial charge on any atom is 0.194 e. The van der Waals surface area contributed by atoms with Crippen LogP contribution in [-0.2, 0) is 19.1 Å². The summed E-state index contributed by atoms with van der Waals surface area (Å²) >= 11 is 0. The van der Waals surface area contributed by atoms with Crippen molar-refractivity contribution in [3.05, 3.63) is 0 Å². The summed E-state index contributed by atoms with van der Waals surface area (Å²) in [6, 6.07) is 0. The minimum Gasteiger partial charge on any atom is -0.377 e. The van der Waals surface area contributed by atoms with Gasteiger partial charge in [-0.2, -0.15) is 0 Å². The first kappa shape index (κ1) is 12.3. The highest BCUT2D eigenvalue weighted by molar-refractivity contribution is 6.05. The van der Waals surface area contributed by atoms with Crippen LogP contribution >= 0.6 is 0 Å². The van der Waals surface area contributed by atoms with Gasteiger partial charge < -0.3 is 9.47 Å². The Labute approximate surface area is 78.2 Å². The molecule has 0 aliphatic heterocycles. The highest BCUT2D eigenvalue weighted by atomic mass is 16.5. The monoisotopic (exact) mass is 188 g/mol. The Morgan fingerprint density at radius 2 is 1.85 bits per heavy atom. The van der Waals surface area contributed by atoms with Crippen LogP contribution in [0.5, 0.6) is 0 Å². The Morgan fingerprint density at radius 1 is 1.23 bits per heavy atom. The van der Waals surface area contributed by atoms with Crippen LogP contribution in [0.15, 0.2) is 0 Å². The number of hydrogen-bond acceptors (Lipinski definition) is 4. The van der Waals surface area contributed by atoms with E-state index in [2.05, 4.69) is 4.74 Å². The molecule has 76 valence electrons. The highest BCUT2D eigenvalue weighted by Crippen LogP contribution is 2.01. The Balaban J connectivity index is 4.15. The van der Waals surface area contributed by atoms with Gasteiger partial charge in [0.1, 0.15) is 6.61 Å². The molecule has 0 radical (unpaired) electrons. The molecule has 0 amide bonds. The first-order chi connectivity index (χ1) is 6.17. The lowest BCUT2D eigenvalue weighted by Gasteiger charge is -2.11. The van der Waals surface area contributed by atoms with Crippen LogP contribution in [-0.4, -0.2) is 38.5 Å². The molecular weight excluding hydrogens is 172 g/mol. The summed E-state index contributed by atoms with van der Waals surface area (Å²) < 4.78 is 9.43. The van der Waals surface area contributed by atoms with E-state index in [9.17, 15) is 9.59 Å². The third-order valence-electron chi connectivity index (χ3n) is 1.60. The van der Waals surface area contributed by atoms with E-state index in [0.717, 1.165) is 6.42 Å². The Hall–Kier alpha value is -0.740. The lowest BCUT2D eigenvalue weighted by atomic mass is 10.1. The lowest BCUT2D eigenvalue weighted by molar-refractivity contribution is -0.142. The largest absolute Gasteiger partial charge is 0.377 e. The van der Waals surface area contributed by atoms with Crippen molar-refractivity contribution >= 4 is 11.6 Å². The second-order valence-electron chi connectivity index (χ2n) is 2.73. The number of hydrogen-bond donors (Lipinski definition) is 0. The molecule has 0 fully saturated rings. The zero-order valence-corrected chi connectivity index (χ0v) is 8.33. The summed E-state index contributed by atoms with van der Waals surface area (Å²) in [5.41, 5.74) is 0. The van der Waals surface area contributed by atoms with Crippen LogP contribution in [0.25, 0.3) is 0 Å². The molecule has 0 aromatic rings. The van der Waals surface area contributed by atoms with Gasteiger partial charge >= 0.3 is 0 Å². The van der Waals surface area contributed by atoms with E-state index in [1.54, 1.807) is 0 Å². The van der Waals surface area contributed by atoms with Crippen LogP contribution in [0.3, 0.4) is 0 Å². The van der Waals surface area contributed by atoms with E-state index in [0.29, 0.717) is 6.42 Å². The fourth-order valence-corrected chi connectivity index (χ4v) is 1.04. The van der Waals surface area contributed by atoms with E-state index < -0.39 is 6.10 Å². The van der Waals surface area contributed by atoms with Crippen LogP contribution in [0, 0.1) is 0 Å². The topological polar surface area (TPSA) is 52.6 Å². The fourth-order valence-electron chi connectivity index (χ4n) is 1.04. The summed E-state index contributed by atoms with van der Waals surface area (Å²) in [6.45, 7) is 1.80. The lowest BCUT2D eigenvalue weighted by Crippen LogP contribution is -2.34. The average Bonchev–Trinajstić information content (AvgIpc) is 2.06. The van der Waals surface area contributed by atoms with Gasteiger partial charge in [0.2, 0.25) is 0 Å². The molecule has 0 aromatic heterocycles. The van der Waals surface area contributed by atoms with Gasteiger partial charge in [-0.1, -0.05) is 6.92 Å². The maximum absolute atomic E-state index is 11.3. The van der Waals surface area contributed by atoms with Crippen molar-refractivity contribution in [1.82, 2.24) is 0 Å². The van der Waals surface area contributed by atoms with Gasteiger partial charge in [0.05, 0.1) is 0 Å². The molecule has 13 heavy (non-hydrogen) atoms. The molecule has 4 nitrogen and oxygen atoms in total. The SMILES string of the molecule is CCCC(=O)C(OC)C(=O)COC. The van der Waals surface area contributed by atoms with Gasteiger partial charge in [0, 0.05) is 20.6 Å². The van der Waals surface area contributed by atoms with Crippen LogP contribution in [0.1, 0.15) is 19.8 Å². The molecule has 0 aliphatic rings. The number of rotatable bonds is 7. The average molecular weight is 188 g/mol. The smallest absolute Gasteiger partial charge is 0.194 e. The summed E-state index contributed by atoms with van der Waals surface area (Å²) in [7, 11) is 2.76. The number of methoxy groups -OCH3 is 2. The van der Waals surface area contributed by atoms with Crippen LogP contribution in [0.2, 0.25) is 0 Å². The van der Waals surface area contributed by atoms with Crippen molar-refractivity contribution in [3.8, 4) is 0 Å². The molecule has 0 saturated heterocycles. The van der Waals surface area contributed by atoms with E-state index in [-0.39, 0.29) is 18.2 Å². The van der Waals surface area contributed by atoms with E-state index in [4.69, 9.17) is 4.74 Å². The van der Waals surface area contributed by atoms with Crippen molar-refractivity contribution in [1.29, 1.82) is 0 Å². The molecule has 0 bridgehead atoms. The minimum atomic E-state index is -0.945. The normalized spacial score (nSPS) is 12.5. The second kappa shape index (κ2) is 6.74. The third kappa shape index (κ3) is 4.15. The Kier molecular flexibility index (Phi) is 6.36.